The second-order valence-electron chi connectivity index (χ2n) is 8.69. The van der Waals surface area contributed by atoms with E-state index >= 15 is 0 Å². The Bertz CT molecular complexity index is 865. The Hall–Kier alpha value is -2.32. The SMILES string of the molecule is O=[N+]([O-])c1ccc(N2N=N[C@H]3[C@H]4C[C@H]([C@H]5C=CC[C@@H]54)[C@@]32[NH+]2CCOCC2)cc1. The summed E-state index contributed by atoms with van der Waals surface area (Å²) in [4.78, 5) is 12.2. The Kier molecular flexibility index (Phi) is 3.47. The lowest BCUT2D eigenvalue weighted by molar-refractivity contribution is -0.963. The van der Waals surface area contributed by atoms with Crippen LogP contribution in [-0.4, -0.2) is 42.9 Å². The summed E-state index contributed by atoms with van der Waals surface area (Å²) >= 11 is 0. The number of allylic oxidation sites excluding steroid dienone is 2. The zero-order chi connectivity index (χ0) is 18.9. The van der Waals surface area contributed by atoms with Gasteiger partial charge in [0.25, 0.3) is 5.69 Å². The van der Waals surface area contributed by atoms with E-state index in [1.807, 2.05) is 12.1 Å². The van der Waals surface area contributed by atoms with Crippen LogP contribution in [0.15, 0.2) is 46.8 Å². The number of anilines is 1. The number of nitrogens with zero attached hydrogens (tertiary/aromatic N) is 4. The highest BCUT2D eigenvalue weighted by Crippen LogP contribution is 2.63. The van der Waals surface area contributed by atoms with Gasteiger partial charge in [0.05, 0.1) is 23.8 Å². The predicted molar refractivity (Wildman–Crippen MR) is 101 cm³/mol. The lowest BCUT2D eigenvalue weighted by Crippen LogP contribution is -3.25. The van der Waals surface area contributed by atoms with Crippen LogP contribution in [0.2, 0.25) is 0 Å². The number of hydrogen-bond acceptors (Lipinski definition) is 6. The maximum atomic E-state index is 11.1. The summed E-state index contributed by atoms with van der Waals surface area (Å²) in [7, 11) is 0. The fourth-order valence-electron chi connectivity index (χ4n) is 6.85. The van der Waals surface area contributed by atoms with Crippen LogP contribution in [0.5, 0.6) is 0 Å². The molecule has 1 saturated heterocycles. The first-order chi connectivity index (χ1) is 13.7. The molecular formula is C20H24N5O3+. The van der Waals surface area contributed by atoms with Crippen LogP contribution >= 0.6 is 0 Å². The highest BCUT2D eigenvalue weighted by atomic mass is 16.6. The highest BCUT2D eigenvalue weighted by Gasteiger charge is 2.75. The van der Waals surface area contributed by atoms with Gasteiger partial charge in [0, 0.05) is 18.1 Å². The summed E-state index contributed by atoms with van der Waals surface area (Å²) in [6.45, 7) is 3.43. The quantitative estimate of drug-likeness (QED) is 0.489. The Balaban J connectivity index is 1.45. The molecule has 0 unspecified atom stereocenters. The summed E-state index contributed by atoms with van der Waals surface area (Å²) in [6, 6.07) is 7.00. The molecular weight excluding hydrogens is 358 g/mol. The van der Waals surface area contributed by atoms with Gasteiger partial charge in [-0.1, -0.05) is 17.4 Å². The first kappa shape index (κ1) is 16.6. The number of nitro benzene ring substituents is 1. The molecule has 0 radical (unpaired) electrons. The maximum absolute atomic E-state index is 11.1. The van der Waals surface area contributed by atoms with Crippen molar-refractivity contribution in [3.63, 3.8) is 0 Å². The van der Waals surface area contributed by atoms with Gasteiger partial charge in [-0.05, 0) is 42.7 Å². The van der Waals surface area contributed by atoms with Crippen LogP contribution in [0.4, 0.5) is 11.4 Å². The number of quaternary nitrogens is 1. The van der Waals surface area contributed by atoms with Crippen molar-refractivity contribution < 1.29 is 14.6 Å². The van der Waals surface area contributed by atoms with Crippen LogP contribution in [0.3, 0.4) is 0 Å². The Morgan fingerprint density at radius 2 is 2.00 bits per heavy atom. The molecule has 1 N–H and O–H groups in total. The molecule has 2 heterocycles. The van der Waals surface area contributed by atoms with Gasteiger partial charge in [-0.15, -0.1) is 0 Å². The molecule has 2 saturated carbocycles. The molecule has 3 aliphatic carbocycles. The number of morpholine rings is 1. The van der Waals surface area contributed by atoms with Gasteiger partial charge in [-0.25, -0.2) is 0 Å². The number of nitrogens with one attached hydrogen (secondary N) is 1. The number of rotatable bonds is 3. The normalized spacial score (nSPS) is 40.9. The van der Waals surface area contributed by atoms with E-state index in [2.05, 4.69) is 22.4 Å². The molecule has 28 heavy (non-hydrogen) atoms. The van der Waals surface area contributed by atoms with Crippen molar-refractivity contribution in [3.8, 4) is 0 Å². The first-order valence-corrected chi connectivity index (χ1v) is 10.3. The molecule has 2 aliphatic heterocycles. The minimum atomic E-state index is -0.355. The third-order valence-electron chi connectivity index (χ3n) is 7.81. The van der Waals surface area contributed by atoms with E-state index in [1.54, 1.807) is 12.1 Å². The molecule has 5 aliphatic rings. The predicted octanol–water partition coefficient (Wildman–Crippen LogP) is 1.60. The van der Waals surface area contributed by atoms with Gasteiger partial charge in [-0.3, -0.25) is 10.1 Å². The zero-order valence-corrected chi connectivity index (χ0v) is 15.6. The fourth-order valence-corrected chi connectivity index (χ4v) is 6.85. The molecule has 6 atom stereocenters. The van der Waals surface area contributed by atoms with Crippen molar-refractivity contribution in [1.29, 1.82) is 0 Å². The highest BCUT2D eigenvalue weighted by molar-refractivity contribution is 5.54. The Morgan fingerprint density at radius 3 is 2.75 bits per heavy atom. The largest absolute Gasteiger partial charge is 0.370 e. The second kappa shape index (κ2) is 5.84. The van der Waals surface area contributed by atoms with Crippen LogP contribution in [0, 0.1) is 33.8 Å². The number of hydrogen-bond donors (Lipinski definition) is 1. The summed E-state index contributed by atoms with van der Waals surface area (Å²) in [5, 5.41) is 22.7. The maximum Gasteiger partial charge on any atom is 0.269 e. The molecule has 0 aromatic heterocycles. The lowest BCUT2D eigenvalue weighted by Gasteiger charge is -2.50. The summed E-state index contributed by atoms with van der Waals surface area (Å²) in [6.07, 6.45) is 7.16. The molecule has 8 nitrogen and oxygen atoms in total. The van der Waals surface area contributed by atoms with Gasteiger partial charge in [0.2, 0.25) is 5.66 Å². The molecule has 6 rings (SSSR count). The van der Waals surface area contributed by atoms with Crippen molar-refractivity contribution in [2.45, 2.75) is 24.5 Å². The van der Waals surface area contributed by atoms with Gasteiger partial charge < -0.3 is 9.64 Å². The minimum absolute atomic E-state index is 0.107. The summed E-state index contributed by atoms with van der Waals surface area (Å²) in [5.74, 6) is 2.39. The molecule has 3 fully saturated rings. The van der Waals surface area contributed by atoms with E-state index in [0.29, 0.717) is 23.7 Å². The topological polar surface area (TPSA) is 84.8 Å². The molecule has 8 heteroatoms. The monoisotopic (exact) mass is 382 g/mol. The fraction of sp³-hybridized carbons (Fsp3) is 0.600. The summed E-state index contributed by atoms with van der Waals surface area (Å²) in [5.41, 5.74) is 0.818. The number of fused-ring (bicyclic) bond motifs is 8. The van der Waals surface area contributed by atoms with E-state index in [1.165, 1.54) is 17.7 Å². The van der Waals surface area contributed by atoms with Crippen molar-refractivity contribution in [2.75, 3.05) is 31.3 Å². The van der Waals surface area contributed by atoms with Crippen molar-refractivity contribution in [2.24, 2.45) is 34.0 Å². The molecule has 0 spiro atoms. The lowest BCUT2D eigenvalue weighted by atomic mass is 9.71. The molecule has 146 valence electrons. The van der Waals surface area contributed by atoms with Crippen molar-refractivity contribution in [1.82, 2.24) is 0 Å². The van der Waals surface area contributed by atoms with Crippen LogP contribution in [0.1, 0.15) is 12.8 Å². The van der Waals surface area contributed by atoms with Crippen molar-refractivity contribution in [3.05, 3.63) is 46.5 Å². The van der Waals surface area contributed by atoms with E-state index < -0.39 is 0 Å². The van der Waals surface area contributed by atoms with Gasteiger partial charge >= 0.3 is 0 Å². The van der Waals surface area contributed by atoms with Gasteiger partial charge in [-0.2, -0.15) is 10.1 Å². The Morgan fingerprint density at radius 1 is 1.21 bits per heavy atom. The Labute approximate surface area is 163 Å². The summed E-state index contributed by atoms with van der Waals surface area (Å²) < 4.78 is 5.66. The van der Waals surface area contributed by atoms with Gasteiger partial charge in [0.1, 0.15) is 13.1 Å². The first-order valence-electron chi connectivity index (χ1n) is 10.3. The smallest absolute Gasteiger partial charge is 0.269 e. The molecule has 2 bridgehead atoms. The van der Waals surface area contributed by atoms with Crippen LogP contribution < -0.4 is 9.91 Å². The minimum Gasteiger partial charge on any atom is -0.370 e. The average Bonchev–Trinajstić information content (AvgIpc) is 3.46. The van der Waals surface area contributed by atoms with Gasteiger partial charge in [0.15, 0.2) is 6.04 Å². The number of ether oxygens (including phenoxy) is 1. The third kappa shape index (κ3) is 1.97. The zero-order valence-electron chi connectivity index (χ0n) is 15.6. The average molecular weight is 382 g/mol. The van der Waals surface area contributed by atoms with E-state index in [9.17, 15) is 10.1 Å². The second-order valence-corrected chi connectivity index (χ2v) is 8.69. The number of non-ortho nitro benzene ring substituents is 1. The van der Waals surface area contributed by atoms with Crippen LogP contribution in [-0.2, 0) is 4.74 Å². The molecule has 0 amide bonds. The number of nitro groups is 1. The third-order valence-corrected chi connectivity index (χ3v) is 7.81. The van der Waals surface area contributed by atoms with Crippen molar-refractivity contribution >= 4 is 11.4 Å². The molecule has 1 aromatic carbocycles. The van der Waals surface area contributed by atoms with Crippen LogP contribution in [0.25, 0.3) is 0 Å². The molecule has 1 aromatic rings. The van der Waals surface area contributed by atoms with E-state index in [4.69, 9.17) is 9.85 Å². The standard InChI is InChI=1S/C20H23N5O3/c26-25(27)14-6-4-13(5-7-14)24-20(23-8-10-28-11-9-23)18-12-17(19(20)21-22-24)15-2-1-3-16(15)18/h1,3-7,15-19H,2,8-12H2/p+1/t15-,16-,17-,18+,19-,20-/m0/s1. The van der Waals surface area contributed by atoms with E-state index in [0.717, 1.165) is 32.0 Å². The van der Waals surface area contributed by atoms with E-state index in [-0.39, 0.29) is 22.3 Å². The number of benzene rings is 1.